The van der Waals surface area contributed by atoms with Crippen LogP contribution in [0.4, 0.5) is 0 Å². The van der Waals surface area contributed by atoms with E-state index in [-0.39, 0.29) is 11.7 Å². The molecule has 8 heteroatoms. The number of tetrazole rings is 1. The average molecular weight is 333 g/mol. The van der Waals surface area contributed by atoms with Gasteiger partial charge in [0.05, 0.1) is 12.0 Å². The maximum Gasteiger partial charge on any atom is 0.231 e. The van der Waals surface area contributed by atoms with Crippen LogP contribution in [0.1, 0.15) is 32.4 Å². The van der Waals surface area contributed by atoms with E-state index < -0.39 is 5.54 Å². The average Bonchev–Trinajstić information content (AvgIpc) is 3.23. The zero-order valence-electron chi connectivity index (χ0n) is 13.2. The van der Waals surface area contributed by atoms with Crippen molar-refractivity contribution in [2.45, 2.75) is 43.9 Å². The fourth-order valence-corrected chi connectivity index (χ4v) is 2.73. The molecule has 0 aliphatic heterocycles. The number of nitrogens with zero attached hydrogens (tertiary/aromatic N) is 4. The Morgan fingerprint density at radius 2 is 2.30 bits per heavy atom. The summed E-state index contributed by atoms with van der Waals surface area (Å²) in [6.45, 7) is 4.34. The van der Waals surface area contributed by atoms with E-state index in [1.807, 2.05) is 19.9 Å². The lowest BCUT2D eigenvalue weighted by atomic mass is 9.94. The molecule has 0 aromatic carbocycles. The molecule has 122 valence electrons. The van der Waals surface area contributed by atoms with Gasteiger partial charge < -0.3 is 9.73 Å². The minimum atomic E-state index is -0.586. The zero-order chi connectivity index (χ0) is 16.7. The van der Waals surface area contributed by atoms with Crippen molar-refractivity contribution >= 4 is 17.7 Å². The van der Waals surface area contributed by atoms with Crippen molar-refractivity contribution in [2.24, 2.45) is 0 Å². The van der Waals surface area contributed by atoms with Crippen molar-refractivity contribution in [3.8, 4) is 12.3 Å². The highest BCUT2D eigenvalue weighted by Gasteiger charge is 2.25. The van der Waals surface area contributed by atoms with Gasteiger partial charge in [-0.1, -0.05) is 31.5 Å². The van der Waals surface area contributed by atoms with Gasteiger partial charge in [-0.2, -0.15) is 0 Å². The van der Waals surface area contributed by atoms with Crippen molar-refractivity contribution in [1.29, 1.82) is 0 Å². The monoisotopic (exact) mass is 333 g/mol. The molecule has 7 nitrogen and oxygen atoms in total. The van der Waals surface area contributed by atoms with Crippen LogP contribution in [0.5, 0.6) is 0 Å². The minimum absolute atomic E-state index is 0.135. The summed E-state index contributed by atoms with van der Waals surface area (Å²) >= 11 is 1.26. The van der Waals surface area contributed by atoms with E-state index in [4.69, 9.17) is 10.8 Å². The lowest BCUT2D eigenvalue weighted by molar-refractivity contribution is -0.119. The number of terminal acetylenes is 1. The summed E-state index contributed by atoms with van der Waals surface area (Å²) in [6.07, 6.45) is 8.52. The van der Waals surface area contributed by atoms with Gasteiger partial charge in [0.2, 0.25) is 11.1 Å². The van der Waals surface area contributed by atoms with E-state index in [0.29, 0.717) is 24.5 Å². The van der Waals surface area contributed by atoms with Crippen molar-refractivity contribution in [1.82, 2.24) is 25.5 Å². The fraction of sp³-hybridized carbons (Fsp3) is 0.467. The van der Waals surface area contributed by atoms with Crippen molar-refractivity contribution < 1.29 is 9.21 Å². The van der Waals surface area contributed by atoms with Gasteiger partial charge in [-0.15, -0.1) is 11.5 Å². The maximum absolute atomic E-state index is 12.1. The number of thioether (sulfide) groups is 1. The standard InChI is InChI=1S/C15H19N5O2S/c1-4-15(5-2,6-3)16-13(21)11-23-14-17-18-19-20(14)10-12-8-7-9-22-12/h1,7-9H,5-6,10-11H2,2-3H3,(H,16,21). The molecule has 0 aliphatic carbocycles. The van der Waals surface area contributed by atoms with Crippen molar-refractivity contribution in [2.75, 3.05) is 5.75 Å². The molecule has 2 aromatic heterocycles. The van der Waals surface area contributed by atoms with Gasteiger partial charge in [0.25, 0.3) is 0 Å². The van der Waals surface area contributed by atoms with Gasteiger partial charge in [0.1, 0.15) is 17.8 Å². The predicted molar refractivity (Wildman–Crippen MR) is 86.6 cm³/mol. The molecule has 0 radical (unpaired) electrons. The summed E-state index contributed by atoms with van der Waals surface area (Å²) < 4.78 is 6.86. The van der Waals surface area contributed by atoms with Crippen LogP contribution in [0.2, 0.25) is 0 Å². The molecule has 0 unspecified atom stereocenters. The van der Waals surface area contributed by atoms with Gasteiger partial charge in [0.15, 0.2) is 0 Å². The number of amides is 1. The Balaban J connectivity index is 1.93. The van der Waals surface area contributed by atoms with Crippen molar-refractivity contribution in [3.63, 3.8) is 0 Å². The van der Waals surface area contributed by atoms with E-state index >= 15 is 0 Å². The molecule has 2 rings (SSSR count). The lowest BCUT2D eigenvalue weighted by Gasteiger charge is -2.26. The number of furan rings is 1. The third-order valence-electron chi connectivity index (χ3n) is 3.58. The quantitative estimate of drug-likeness (QED) is 0.585. The van der Waals surface area contributed by atoms with Crippen LogP contribution < -0.4 is 5.32 Å². The van der Waals surface area contributed by atoms with E-state index in [0.717, 1.165) is 5.76 Å². The summed E-state index contributed by atoms with van der Waals surface area (Å²) in [5.74, 6) is 3.48. The second-order valence-electron chi connectivity index (χ2n) is 4.97. The van der Waals surface area contributed by atoms with Crippen LogP contribution in [0, 0.1) is 12.3 Å². The van der Waals surface area contributed by atoms with E-state index in [2.05, 4.69) is 26.8 Å². The third kappa shape index (κ3) is 4.36. The molecule has 2 aromatic rings. The van der Waals surface area contributed by atoms with E-state index in [1.165, 1.54) is 11.8 Å². The first-order valence-corrected chi connectivity index (χ1v) is 8.31. The molecule has 0 atom stereocenters. The van der Waals surface area contributed by atoms with Gasteiger partial charge >= 0.3 is 0 Å². The van der Waals surface area contributed by atoms with Crippen molar-refractivity contribution in [3.05, 3.63) is 24.2 Å². The zero-order valence-corrected chi connectivity index (χ0v) is 14.0. The number of nitrogens with one attached hydrogen (secondary N) is 1. The Kier molecular flexibility index (Phi) is 5.82. The molecule has 0 fully saturated rings. The van der Waals surface area contributed by atoms with Crippen LogP contribution in [-0.4, -0.2) is 37.4 Å². The maximum atomic E-state index is 12.1. The van der Waals surface area contributed by atoms with Crippen LogP contribution in [0.3, 0.4) is 0 Å². The number of aromatic nitrogens is 4. The highest BCUT2D eigenvalue weighted by Crippen LogP contribution is 2.17. The fourth-order valence-electron chi connectivity index (χ4n) is 2.05. The summed E-state index contributed by atoms with van der Waals surface area (Å²) in [4.78, 5) is 12.1. The van der Waals surface area contributed by atoms with Crippen LogP contribution in [0.25, 0.3) is 0 Å². The lowest BCUT2D eigenvalue weighted by Crippen LogP contribution is -2.47. The normalized spacial score (nSPS) is 11.2. The molecule has 0 saturated carbocycles. The Morgan fingerprint density at radius 3 is 2.91 bits per heavy atom. The first-order chi connectivity index (χ1) is 11.1. The van der Waals surface area contributed by atoms with Crippen LogP contribution in [0.15, 0.2) is 28.0 Å². The Morgan fingerprint density at radius 1 is 1.52 bits per heavy atom. The third-order valence-corrected chi connectivity index (χ3v) is 4.54. The molecule has 2 heterocycles. The molecule has 1 N–H and O–H groups in total. The largest absolute Gasteiger partial charge is 0.467 e. The number of carbonyl (C=O) groups is 1. The van der Waals surface area contributed by atoms with E-state index in [1.54, 1.807) is 17.0 Å². The first kappa shape index (κ1) is 17.1. The predicted octanol–water partition coefficient (Wildman–Crippen LogP) is 1.71. The van der Waals surface area contributed by atoms with E-state index in [9.17, 15) is 4.79 Å². The molecular weight excluding hydrogens is 314 g/mol. The number of rotatable bonds is 8. The summed E-state index contributed by atoms with van der Waals surface area (Å²) in [7, 11) is 0. The van der Waals surface area contributed by atoms with Gasteiger partial charge in [0, 0.05) is 0 Å². The Labute approximate surface area is 139 Å². The molecule has 0 spiro atoms. The number of carbonyl (C=O) groups excluding carboxylic acids is 1. The molecular formula is C15H19N5O2S. The first-order valence-electron chi connectivity index (χ1n) is 7.32. The molecule has 0 bridgehead atoms. The van der Waals surface area contributed by atoms with Gasteiger partial charge in [-0.05, 0) is 35.4 Å². The van der Waals surface area contributed by atoms with Crippen LogP contribution in [-0.2, 0) is 11.3 Å². The molecule has 0 aliphatic rings. The summed E-state index contributed by atoms with van der Waals surface area (Å²) in [5, 5.41) is 14.9. The second kappa shape index (κ2) is 7.83. The van der Waals surface area contributed by atoms with Gasteiger partial charge in [-0.3, -0.25) is 4.79 Å². The molecule has 1 amide bonds. The Hall–Kier alpha value is -2.27. The summed E-state index contributed by atoms with van der Waals surface area (Å²) in [5.41, 5.74) is -0.586. The molecule has 23 heavy (non-hydrogen) atoms. The molecule has 0 saturated heterocycles. The minimum Gasteiger partial charge on any atom is -0.467 e. The number of hydrogen-bond acceptors (Lipinski definition) is 6. The summed E-state index contributed by atoms with van der Waals surface area (Å²) in [6, 6.07) is 3.64. The highest BCUT2D eigenvalue weighted by atomic mass is 32.2. The highest BCUT2D eigenvalue weighted by molar-refractivity contribution is 7.99. The second-order valence-corrected chi connectivity index (χ2v) is 5.91. The SMILES string of the molecule is C#CC(CC)(CC)NC(=O)CSc1nnnn1Cc1ccco1. The Bertz CT molecular complexity index is 670. The topological polar surface area (TPSA) is 85.8 Å². The van der Waals surface area contributed by atoms with Crippen LogP contribution >= 0.6 is 11.8 Å². The number of hydrogen-bond donors (Lipinski definition) is 1. The van der Waals surface area contributed by atoms with Gasteiger partial charge in [-0.25, -0.2) is 4.68 Å². The smallest absolute Gasteiger partial charge is 0.231 e.